The van der Waals surface area contributed by atoms with Crippen LogP contribution >= 0.6 is 12.2 Å². The van der Waals surface area contributed by atoms with Crippen molar-refractivity contribution >= 4 is 35.1 Å². The molecule has 1 rings (SSSR count). The van der Waals surface area contributed by atoms with Crippen LogP contribution in [0, 0.1) is 11.3 Å². The highest BCUT2D eigenvalue weighted by atomic mass is 32.1. The average molecular weight is 272 g/mol. The molecule has 0 aromatic rings. The van der Waals surface area contributed by atoms with E-state index in [1.165, 1.54) is 0 Å². The van der Waals surface area contributed by atoms with Crippen LogP contribution in [0.2, 0.25) is 0 Å². The van der Waals surface area contributed by atoms with Crippen LogP contribution in [0.4, 0.5) is 0 Å². The largest absolute Gasteiger partial charge is 0.481 e. The first kappa shape index (κ1) is 14.6. The van der Waals surface area contributed by atoms with E-state index in [4.69, 9.17) is 17.3 Å². The first-order chi connectivity index (χ1) is 8.34. The Morgan fingerprint density at radius 2 is 1.89 bits per heavy atom. The van der Waals surface area contributed by atoms with Crippen molar-refractivity contribution in [3.05, 3.63) is 0 Å². The molecule has 2 amide bonds. The zero-order chi connectivity index (χ0) is 13.9. The van der Waals surface area contributed by atoms with E-state index in [2.05, 4.69) is 10.6 Å². The Balaban J connectivity index is 2.95. The number of rotatable bonds is 5. The molecule has 1 heterocycles. The molecule has 0 bridgehead atoms. The predicted molar refractivity (Wildman–Crippen MR) is 67.6 cm³/mol. The summed E-state index contributed by atoms with van der Waals surface area (Å²) in [6, 6.07) is 0. The number of thiocarbonyl (C=S) groups is 1. The van der Waals surface area contributed by atoms with Crippen LogP contribution in [0.3, 0.4) is 0 Å². The first-order valence-electron chi connectivity index (χ1n) is 5.73. The van der Waals surface area contributed by atoms with Crippen molar-refractivity contribution in [1.29, 1.82) is 0 Å². The van der Waals surface area contributed by atoms with Crippen LogP contribution in [0.5, 0.6) is 0 Å². The summed E-state index contributed by atoms with van der Waals surface area (Å²) < 4.78 is 0. The lowest BCUT2D eigenvalue weighted by Crippen LogP contribution is -2.64. The summed E-state index contributed by atoms with van der Waals surface area (Å²) in [5.74, 6) is -2.21. The highest BCUT2D eigenvalue weighted by molar-refractivity contribution is 7.80. The summed E-state index contributed by atoms with van der Waals surface area (Å²) in [7, 11) is 0. The smallest absolute Gasteiger partial charge is 0.303 e. The summed E-state index contributed by atoms with van der Waals surface area (Å²) in [5.41, 5.74) is -1.24. The second-order valence-corrected chi connectivity index (χ2v) is 4.80. The molecule has 0 spiro atoms. The summed E-state index contributed by atoms with van der Waals surface area (Å²) in [4.78, 5) is 34.7. The van der Waals surface area contributed by atoms with Gasteiger partial charge >= 0.3 is 5.97 Å². The molecule has 100 valence electrons. The highest BCUT2D eigenvalue weighted by Crippen LogP contribution is 2.36. The normalized spacial score (nSPS) is 20.0. The Morgan fingerprint density at radius 3 is 2.28 bits per heavy atom. The van der Waals surface area contributed by atoms with E-state index < -0.39 is 23.2 Å². The molecule has 0 aromatic heterocycles. The second kappa shape index (κ2) is 5.43. The molecule has 18 heavy (non-hydrogen) atoms. The Bertz CT molecular complexity index is 388. The van der Waals surface area contributed by atoms with E-state index in [1.54, 1.807) is 13.8 Å². The van der Waals surface area contributed by atoms with Crippen molar-refractivity contribution in [3.63, 3.8) is 0 Å². The molecule has 3 N–H and O–H groups in total. The molecule has 1 saturated heterocycles. The monoisotopic (exact) mass is 272 g/mol. The van der Waals surface area contributed by atoms with Crippen LogP contribution < -0.4 is 10.6 Å². The maximum Gasteiger partial charge on any atom is 0.303 e. The molecule has 1 aliphatic heterocycles. The van der Waals surface area contributed by atoms with Crippen molar-refractivity contribution in [1.82, 2.24) is 10.6 Å². The van der Waals surface area contributed by atoms with Gasteiger partial charge in [-0.25, -0.2) is 0 Å². The van der Waals surface area contributed by atoms with Gasteiger partial charge < -0.3 is 15.7 Å². The van der Waals surface area contributed by atoms with Gasteiger partial charge in [-0.1, -0.05) is 13.8 Å². The Labute approximate surface area is 110 Å². The number of aliphatic carboxylic acids is 1. The molecule has 6 nitrogen and oxygen atoms in total. The van der Waals surface area contributed by atoms with Gasteiger partial charge in [0.05, 0.1) is 0 Å². The molecule has 1 aliphatic rings. The van der Waals surface area contributed by atoms with Crippen LogP contribution in [0.1, 0.15) is 33.1 Å². The molecule has 0 aliphatic carbocycles. The highest BCUT2D eigenvalue weighted by Gasteiger charge is 2.51. The number of nitrogens with one attached hydrogen (secondary N) is 2. The fraction of sp³-hybridized carbons (Fsp3) is 0.636. The zero-order valence-corrected chi connectivity index (χ0v) is 11.1. The third-order valence-corrected chi connectivity index (χ3v) is 3.66. The van der Waals surface area contributed by atoms with Crippen LogP contribution in [0.15, 0.2) is 0 Å². The number of carbonyl (C=O) groups excluding carboxylic acids is 2. The predicted octanol–water partition coefficient (Wildman–Crippen LogP) is 0.415. The van der Waals surface area contributed by atoms with Gasteiger partial charge in [-0.3, -0.25) is 14.4 Å². The molecular formula is C11H16N2O4S. The second-order valence-electron chi connectivity index (χ2n) is 4.40. The number of hydrogen-bond donors (Lipinski definition) is 3. The van der Waals surface area contributed by atoms with Crippen LogP contribution in [0.25, 0.3) is 0 Å². The SMILES string of the molecule is CCC1(C(C)CCC(=O)O)C(=O)NC(=S)NC1=O. The van der Waals surface area contributed by atoms with Gasteiger partial charge in [0.15, 0.2) is 5.11 Å². The maximum absolute atomic E-state index is 12.0. The van der Waals surface area contributed by atoms with E-state index in [1.807, 2.05) is 0 Å². The van der Waals surface area contributed by atoms with Crippen LogP contribution in [-0.2, 0) is 14.4 Å². The standard InChI is InChI=1S/C11H16N2O4S/c1-3-11(6(2)4-5-7(14)15)8(16)12-10(18)13-9(11)17/h6H,3-5H2,1-2H3,(H,14,15)(H2,12,13,16,17,18). The average Bonchev–Trinajstić information content (AvgIpc) is 2.26. The molecule has 1 unspecified atom stereocenters. The lowest BCUT2D eigenvalue weighted by Gasteiger charge is -2.38. The van der Waals surface area contributed by atoms with Crippen molar-refractivity contribution in [2.24, 2.45) is 11.3 Å². The van der Waals surface area contributed by atoms with Crippen molar-refractivity contribution in [2.75, 3.05) is 0 Å². The van der Waals surface area contributed by atoms with E-state index in [0.717, 1.165) is 0 Å². The molecule has 0 saturated carbocycles. The van der Waals surface area contributed by atoms with E-state index >= 15 is 0 Å². The van der Waals surface area contributed by atoms with Gasteiger partial charge in [-0.05, 0) is 31.0 Å². The number of hydrogen-bond acceptors (Lipinski definition) is 4. The first-order valence-corrected chi connectivity index (χ1v) is 6.14. The molecule has 1 atom stereocenters. The maximum atomic E-state index is 12.0. The summed E-state index contributed by atoms with van der Waals surface area (Å²) in [6.45, 7) is 3.44. The third kappa shape index (κ3) is 2.50. The van der Waals surface area contributed by atoms with Gasteiger partial charge in [0.2, 0.25) is 11.8 Å². The van der Waals surface area contributed by atoms with Gasteiger partial charge in [0, 0.05) is 6.42 Å². The Kier molecular flexibility index (Phi) is 4.39. The Morgan fingerprint density at radius 1 is 1.39 bits per heavy atom. The topological polar surface area (TPSA) is 95.5 Å². The minimum absolute atomic E-state index is 0.000454. The summed E-state index contributed by atoms with van der Waals surface area (Å²) >= 11 is 4.75. The Hall–Kier alpha value is -1.50. The zero-order valence-electron chi connectivity index (χ0n) is 10.3. The lowest BCUT2D eigenvalue weighted by atomic mass is 9.70. The fourth-order valence-corrected chi connectivity index (χ4v) is 2.45. The van der Waals surface area contributed by atoms with Crippen LogP contribution in [-0.4, -0.2) is 28.0 Å². The number of amides is 2. The third-order valence-electron chi connectivity index (χ3n) is 3.45. The van der Waals surface area contributed by atoms with E-state index in [-0.39, 0.29) is 23.9 Å². The van der Waals surface area contributed by atoms with Gasteiger partial charge in [0.1, 0.15) is 5.41 Å². The molecule has 0 radical (unpaired) electrons. The summed E-state index contributed by atoms with van der Waals surface area (Å²) in [6.07, 6.45) is 0.485. The molecule has 7 heteroatoms. The molecule has 0 aromatic carbocycles. The van der Waals surface area contributed by atoms with Gasteiger partial charge in [0.25, 0.3) is 0 Å². The number of carbonyl (C=O) groups is 3. The molecule has 1 fully saturated rings. The number of carboxylic acids is 1. The van der Waals surface area contributed by atoms with Gasteiger partial charge in [-0.2, -0.15) is 0 Å². The molecular weight excluding hydrogens is 256 g/mol. The minimum Gasteiger partial charge on any atom is -0.481 e. The van der Waals surface area contributed by atoms with E-state index in [9.17, 15) is 14.4 Å². The van der Waals surface area contributed by atoms with Crippen molar-refractivity contribution in [2.45, 2.75) is 33.1 Å². The number of carboxylic acid groups (broad SMARTS) is 1. The fourth-order valence-electron chi connectivity index (χ4n) is 2.27. The minimum atomic E-state index is -1.24. The summed E-state index contributed by atoms with van der Waals surface area (Å²) in [5, 5.41) is 13.5. The quantitative estimate of drug-likeness (QED) is 0.498. The van der Waals surface area contributed by atoms with Crippen molar-refractivity contribution < 1.29 is 19.5 Å². The lowest BCUT2D eigenvalue weighted by molar-refractivity contribution is -0.149. The van der Waals surface area contributed by atoms with Crippen molar-refractivity contribution in [3.8, 4) is 0 Å². The van der Waals surface area contributed by atoms with E-state index in [0.29, 0.717) is 6.42 Å². The van der Waals surface area contributed by atoms with Gasteiger partial charge in [-0.15, -0.1) is 0 Å².